The largest absolute Gasteiger partial charge is 0.461 e. The molecule has 0 aromatic carbocycles. The Morgan fingerprint density at radius 3 is 2.62 bits per heavy atom. The summed E-state index contributed by atoms with van der Waals surface area (Å²) in [5.74, 6) is -2.03. The first-order chi connectivity index (χ1) is 11.4. The average Bonchev–Trinajstić information content (AvgIpc) is 3.16. The van der Waals surface area contributed by atoms with E-state index in [2.05, 4.69) is 0 Å². The quantitative estimate of drug-likeness (QED) is 0.637. The van der Waals surface area contributed by atoms with Crippen LogP contribution >= 0.6 is 11.3 Å². The van der Waals surface area contributed by atoms with Gasteiger partial charge in [-0.2, -0.15) is 0 Å². The molecule has 7 heteroatoms. The highest BCUT2D eigenvalue weighted by molar-refractivity contribution is 7.10. The summed E-state index contributed by atoms with van der Waals surface area (Å²) in [6, 6.07) is 1.78. The monoisotopic (exact) mass is 351 g/mol. The van der Waals surface area contributed by atoms with Crippen LogP contribution in [0.4, 0.5) is 0 Å². The topological polar surface area (TPSA) is 80.3 Å². The first-order valence-electron chi connectivity index (χ1n) is 8.29. The van der Waals surface area contributed by atoms with Crippen molar-refractivity contribution in [1.29, 1.82) is 0 Å². The number of quaternary nitrogens is 1. The number of nitrogens with zero attached hydrogens (tertiary/aromatic N) is 1. The Morgan fingerprint density at radius 1 is 1.38 bits per heavy atom. The molecule has 0 spiro atoms. The number of rotatable bonds is 4. The Morgan fingerprint density at radius 2 is 2.08 bits per heavy atom. The summed E-state index contributed by atoms with van der Waals surface area (Å²) in [5, 5.41) is 3.86. The van der Waals surface area contributed by atoms with Crippen molar-refractivity contribution in [2.75, 3.05) is 13.2 Å². The second-order valence-electron chi connectivity index (χ2n) is 6.59. The van der Waals surface area contributed by atoms with Crippen molar-refractivity contribution in [2.45, 2.75) is 39.3 Å². The molecule has 2 aliphatic heterocycles. The van der Waals surface area contributed by atoms with Crippen LogP contribution in [-0.4, -0.2) is 41.4 Å². The maximum atomic E-state index is 12.9. The third kappa shape index (κ3) is 2.22. The molecule has 4 atom stereocenters. The molecule has 1 aromatic heterocycles. The molecular formula is C17H23N2O4S+. The van der Waals surface area contributed by atoms with Crippen molar-refractivity contribution in [3.05, 3.63) is 21.9 Å². The summed E-state index contributed by atoms with van der Waals surface area (Å²) >= 11 is 1.57. The van der Waals surface area contributed by atoms with Crippen molar-refractivity contribution in [1.82, 2.24) is 4.90 Å². The van der Waals surface area contributed by atoms with Crippen molar-refractivity contribution in [3.63, 3.8) is 0 Å². The molecule has 24 heavy (non-hydrogen) atoms. The third-order valence-corrected chi connectivity index (χ3v) is 6.36. The lowest BCUT2D eigenvalue weighted by molar-refractivity contribution is -0.730. The fraction of sp³-hybridized carbons (Fsp3) is 0.588. The van der Waals surface area contributed by atoms with E-state index in [1.54, 1.807) is 32.1 Å². The van der Waals surface area contributed by atoms with E-state index in [9.17, 15) is 14.4 Å². The molecule has 1 aromatic rings. The lowest BCUT2D eigenvalue weighted by Crippen LogP contribution is -2.97. The molecule has 0 saturated carbocycles. The zero-order valence-corrected chi connectivity index (χ0v) is 15.2. The number of nitrogens with two attached hydrogens (primary N) is 1. The van der Waals surface area contributed by atoms with Crippen LogP contribution in [0.15, 0.2) is 11.4 Å². The predicted molar refractivity (Wildman–Crippen MR) is 88.1 cm³/mol. The molecule has 3 rings (SSSR count). The standard InChI is InChI=1S/C17H22N2O4S/c1-5-19-14(20)10-11(15(19)21)17(4,16(22)23-6-2)18-12(10)13-9(3)7-8-24-13/h7-8,10-12,18H,5-6H2,1-4H3/p+1/t10-,11+,12+,17-/m1/s1. The molecule has 0 unspecified atom stereocenters. The number of thiophene rings is 1. The SMILES string of the molecule is CCOC(=O)[C@]1(C)[NH2+][C@H](c2sccc2C)[C@@H]2C(=O)N(CC)C(=O)[C@H]21. The molecule has 2 aliphatic rings. The van der Waals surface area contributed by atoms with Gasteiger partial charge in [0.2, 0.25) is 17.4 Å². The fourth-order valence-electron chi connectivity index (χ4n) is 4.08. The van der Waals surface area contributed by atoms with Crippen LogP contribution in [0.1, 0.15) is 37.3 Å². The van der Waals surface area contributed by atoms with Gasteiger partial charge in [-0.15, -0.1) is 11.3 Å². The second kappa shape index (κ2) is 5.97. The van der Waals surface area contributed by atoms with Gasteiger partial charge >= 0.3 is 5.97 Å². The molecule has 0 aliphatic carbocycles. The summed E-state index contributed by atoms with van der Waals surface area (Å²) in [4.78, 5) is 40.6. The van der Waals surface area contributed by atoms with E-state index >= 15 is 0 Å². The summed E-state index contributed by atoms with van der Waals surface area (Å²) in [6.07, 6.45) is 0. The molecule has 2 saturated heterocycles. The van der Waals surface area contributed by atoms with Crippen molar-refractivity contribution in [2.24, 2.45) is 11.8 Å². The molecule has 0 radical (unpaired) electrons. The summed E-state index contributed by atoms with van der Waals surface area (Å²) < 4.78 is 5.24. The number of esters is 1. The van der Waals surface area contributed by atoms with Crippen LogP contribution in [0.5, 0.6) is 0 Å². The van der Waals surface area contributed by atoms with E-state index in [1.807, 2.05) is 23.7 Å². The number of carbonyl (C=O) groups excluding carboxylic acids is 3. The number of hydrogen-bond acceptors (Lipinski definition) is 5. The maximum absolute atomic E-state index is 12.9. The van der Waals surface area contributed by atoms with Gasteiger partial charge in [-0.3, -0.25) is 14.5 Å². The molecule has 3 heterocycles. The minimum absolute atomic E-state index is 0.172. The lowest BCUT2D eigenvalue weighted by atomic mass is 9.81. The number of imide groups is 1. The van der Waals surface area contributed by atoms with E-state index in [4.69, 9.17) is 4.74 Å². The number of amides is 2. The van der Waals surface area contributed by atoms with Gasteiger partial charge in [0.1, 0.15) is 17.9 Å². The van der Waals surface area contributed by atoms with Crippen LogP contribution in [0, 0.1) is 18.8 Å². The average molecular weight is 351 g/mol. The normalized spacial score (nSPS) is 32.3. The maximum Gasteiger partial charge on any atom is 0.368 e. The molecule has 2 fully saturated rings. The first kappa shape index (κ1) is 17.1. The van der Waals surface area contributed by atoms with Crippen molar-refractivity contribution < 1.29 is 24.4 Å². The zero-order chi connectivity index (χ0) is 17.6. The van der Waals surface area contributed by atoms with Gasteiger partial charge in [-0.05, 0) is 37.8 Å². The van der Waals surface area contributed by atoms with Gasteiger partial charge in [-0.1, -0.05) is 0 Å². The van der Waals surface area contributed by atoms with Crippen LogP contribution in [0.3, 0.4) is 0 Å². The summed E-state index contributed by atoms with van der Waals surface area (Å²) in [5.41, 5.74) is 0.0154. The Balaban J connectivity index is 2.09. The Labute approximate surface area is 145 Å². The van der Waals surface area contributed by atoms with Gasteiger partial charge in [-0.25, -0.2) is 4.79 Å². The number of aryl methyl sites for hydroxylation is 1. The predicted octanol–water partition coefficient (Wildman–Crippen LogP) is 0.618. The third-order valence-electron chi connectivity index (χ3n) is 5.24. The number of fused-ring (bicyclic) bond motifs is 1. The molecular weight excluding hydrogens is 328 g/mol. The Bertz CT molecular complexity index is 701. The van der Waals surface area contributed by atoms with E-state index in [0.29, 0.717) is 6.54 Å². The van der Waals surface area contributed by atoms with Crippen LogP contribution in [0.2, 0.25) is 0 Å². The van der Waals surface area contributed by atoms with Crippen LogP contribution in [0.25, 0.3) is 0 Å². The molecule has 0 bridgehead atoms. The summed E-state index contributed by atoms with van der Waals surface area (Å²) in [6.45, 7) is 7.84. The number of carbonyl (C=O) groups is 3. The number of likely N-dealkylation sites (tertiary alicyclic amines) is 1. The van der Waals surface area contributed by atoms with Crippen LogP contribution in [-0.2, 0) is 19.1 Å². The Hall–Kier alpha value is -1.73. The van der Waals surface area contributed by atoms with Crippen molar-refractivity contribution in [3.8, 4) is 0 Å². The molecule has 6 nitrogen and oxygen atoms in total. The molecule has 2 amide bonds. The number of ether oxygens (including phenoxy) is 1. The Kier molecular flexibility index (Phi) is 4.25. The highest BCUT2D eigenvalue weighted by Crippen LogP contribution is 2.45. The first-order valence-corrected chi connectivity index (χ1v) is 9.17. The fourth-order valence-corrected chi connectivity index (χ4v) is 5.13. The second-order valence-corrected chi connectivity index (χ2v) is 7.54. The van der Waals surface area contributed by atoms with E-state index in [-0.39, 0.29) is 24.5 Å². The van der Waals surface area contributed by atoms with Gasteiger partial charge in [0.15, 0.2) is 0 Å². The van der Waals surface area contributed by atoms with Gasteiger partial charge in [0, 0.05) is 13.5 Å². The van der Waals surface area contributed by atoms with Crippen LogP contribution < -0.4 is 5.32 Å². The highest BCUT2D eigenvalue weighted by Gasteiger charge is 2.70. The van der Waals surface area contributed by atoms with Crippen molar-refractivity contribution >= 4 is 29.1 Å². The highest BCUT2D eigenvalue weighted by atomic mass is 32.1. The van der Waals surface area contributed by atoms with E-state index in [0.717, 1.165) is 10.4 Å². The van der Waals surface area contributed by atoms with Gasteiger partial charge in [0.05, 0.1) is 11.5 Å². The van der Waals surface area contributed by atoms with E-state index < -0.39 is 23.3 Å². The minimum Gasteiger partial charge on any atom is -0.461 e. The number of hydrogen-bond donors (Lipinski definition) is 1. The minimum atomic E-state index is -1.07. The zero-order valence-electron chi connectivity index (χ0n) is 14.4. The lowest BCUT2D eigenvalue weighted by Gasteiger charge is -2.25. The summed E-state index contributed by atoms with van der Waals surface area (Å²) in [7, 11) is 0. The smallest absolute Gasteiger partial charge is 0.368 e. The molecule has 2 N–H and O–H groups in total. The van der Waals surface area contributed by atoms with E-state index in [1.165, 1.54) is 4.90 Å². The molecule has 130 valence electrons. The van der Waals surface area contributed by atoms with Gasteiger partial charge in [0.25, 0.3) is 0 Å². The van der Waals surface area contributed by atoms with Gasteiger partial charge < -0.3 is 10.1 Å².